The number of hydrogen-bond acceptors (Lipinski definition) is 8. The van der Waals surface area contributed by atoms with Gasteiger partial charge < -0.3 is 9.84 Å². The number of nitro groups is 1. The van der Waals surface area contributed by atoms with Crippen molar-refractivity contribution in [3.05, 3.63) is 82.9 Å². The molecule has 0 amide bonds. The molecule has 3 heterocycles. The molecular weight excluding hydrogens is 360 g/mol. The number of benzene rings is 1. The van der Waals surface area contributed by atoms with Gasteiger partial charge in [0, 0.05) is 48.5 Å². The molecule has 0 unspecified atom stereocenters. The van der Waals surface area contributed by atoms with Crippen LogP contribution in [0.15, 0.2) is 71.8 Å². The highest BCUT2D eigenvalue weighted by atomic mass is 16.6. The van der Waals surface area contributed by atoms with Gasteiger partial charge in [-0.1, -0.05) is 11.2 Å². The molecule has 28 heavy (non-hydrogen) atoms. The highest BCUT2D eigenvalue weighted by molar-refractivity contribution is 5.70. The minimum Gasteiger partial charge on any atom is -0.375 e. The average Bonchev–Trinajstić information content (AvgIpc) is 3.24. The lowest BCUT2D eigenvalue weighted by molar-refractivity contribution is -0.383. The molecule has 9 nitrogen and oxygen atoms in total. The fourth-order valence-electron chi connectivity index (χ4n) is 2.62. The van der Waals surface area contributed by atoms with Crippen molar-refractivity contribution < 1.29 is 9.45 Å². The van der Waals surface area contributed by atoms with Crippen LogP contribution in [0.3, 0.4) is 0 Å². The Balaban J connectivity index is 1.60. The standard InChI is InChI=1S/C19H14N6O3/c26-25(27)17-9-14(5-6-16(17)22-11-13-3-1-7-20-10-13)19-23-18(24-28-19)15-4-2-8-21-12-15/h1-10,12,22H,11H2. The van der Waals surface area contributed by atoms with Crippen LogP contribution in [0, 0.1) is 10.1 Å². The van der Waals surface area contributed by atoms with Crippen LogP contribution in [-0.4, -0.2) is 25.0 Å². The second-order valence-corrected chi connectivity index (χ2v) is 5.87. The van der Waals surface area contributed by atoms with Crippen LogP contribution < -0.4 is 5.32 Å². The molecule has 138 valence electrons. The lowest BCUT2D eigenvalue weighted by atomic mass is 10.1. The molecular formula is C19H14N6O3. The number of nitro benzene ring substituents is 1. The van der Waals surface area contributed by atoms with E-state index in [1.807, 2.05) is 12.1 Å². The third-order valence-corrected chi connectivity index (χ3v) is 3.99. The Kier molecular flexibility index (Phi) is 4.70. The van der Waals surface area contributed by atoms with Crippen molar-refractivity contribution in [1.29, 1.82) is 0 Å². The van der Waals surface area contributed by atoms with E-state index in [4.69, 9.17) is 4.52 Å². The SMILES string of the molecule is O=[N+]([O-])c1cc(-c2nc(-c3cccnc3)no2)ccc1NCc1cccnc1. The van der Waals surface area contributed by atoms with E-state index in [1.165, 1.54) is 6.07 Å². The Morgan fingerprint density at radius 2 is 1.86 bits per heavy atom. The van der Waals surface area contributed by atoms with Crippen LogP contribution in [0.4, 0.5) is 11.4 Å². The highest BCUT2D eigenvalue weighted by Gasteiger charge is 2.18. The van der Waals surface area contributed by atoms with Gasteiger partial charge in [0.1, 0.15) is 5.69 Å². The molecule has 0 saturated carbocycles. The fraction of sp³-hybridized carbons (Fsp3) is 0.0526. The fourth-order valence-corrected chi connectivity index (χ4v) is 2.62. The summed E-state index contributed by atoms with van der Waals surface area (Å²) >= 11 is 0. The van der Waals surface area contributed by atoms with Gasteiger partial charge in [0.15, 0.2) is 0 Å². The summed E-state index contributed by atoms with van der Waals surface area (Å²) in [5, 5.41) is 18.5. The predicted octanol–water partition coefficient (Wildman–Crippen LogP) is 3.71. The Morgan fingerprint density at radius 3 is 2.57 bits per heavy atom. The molecule has 0 saturated heterocycles. The number of hydrogen-bond donors (Lipinski definition) is 1. The van der Waals surface area contributed by atoms with E-state index in [-0.39, 0.29) is 11.6 Å². The third-order valence-electron chi connectivity index (χ3n) is 3.99. The number of nitrogens with one attached hydrogen (secondary N) is 1. The monoisotopic (exact) mass is 374 g/mol. The molecule has 1 N–H and O–H groups in total. The lowest BCUT2D eigenvalue weighted by Crippen LogP contribution is -2.03. The predicted molar refractivity (Wildman–Crippen MR) is 101 cm³/mol. The number of rotatable bonds is 6. The van der Waals surface area contributed by atoms with Crippen LogP contribution in [0.1, 0.15) is 5.56 Å². The number of aromatic nitrogens is 4. The maximum absolute atomic E-state index is 11.5. The summed E-state index contributed by atoms with van der Waals surface area (Å²) in [7, 11) is 0. The zero-order chi connectivity index (χ0) is 19.3. The summed E-state index contributed by atoms with van der Waals surface area (Å²) in [5.74, 6) is 0.560. The van der Waals surface area contributed by atoms with E-state index >= 15 is 0 Å². The van der Waals surface area contributed by atoms with Crippen molar-refractivity contribution in [2.45, 2.75) is 6.54 Å². The Hall–Kier alpha value is -4.14. The maximum Gasteiger partial charge on any atom is 0.293 e. The second-order valence-electron chi connectivity index (χ2n) is 5.87. The molecule has 1 aromatic carbocycles. The van der Waals surface area contributed by atoms with Gasteiger partial charge in [-0.25, -0.2) is 0 Å². The van der Waals surface area contributed by atoms with Crippen LogP contribution in [0.2, 0.25) is 0 Å². The molecule has 4 aromatic rings. The smallest absolute Gasteiger partial charge is 0.293 e. The first kappa shape index (κ1) is 17.3. The number of nitrogens with zero attached hydrogens (tertiary/aromatic N) is 5. The van der Waals surface area contributed by atoms with E-state index in [9.17, 15) is 10.1 Å². The van der Waals surface area contributed by atoms with Crippen LogP contribution in [-0.2, 0) is 6.54 Å². The summed E-state index contributed by atoms with van der Waals surface area (Å²) in [5.41, 5.74) is 2.38. The normalized spacial score (nSPS) is 10.6. The minimum absolute atomic E-state index is 0.0810. The Morgan fingerprint density at radius 1 is 1.04 bits per heavy atom. The van der Waals surface area contributed by atoms with E-state index in [0.29, 0.717) is 29.2 Å². The highest BCUT2D eigenvalue weighted by Crippen LogP contribution is 2.31. The van der Waals surface area contributed by atoms with Gasteiger partial charge in [-0.2, -0.15) is 4.98 Å². The van der Waals surface area contributed by atoms with Crippen LogP contribution in [0.5, 0.6) is 0 Å². The quantitative estimate of drug-likeness (QED) is 0.400. The van der Waals surface area contributed by atoms with Crippen molar-refractivity contribution in [3.8, 4) is 22.8 Å². The number of pyridine rings is 2. The van der Waals surface area contributed by atoms with Crippen LogP contribution >= 0.6 is 0 Å². The molecule has 0 aliphatic carbocycles. The van der Waals surface area contributed by atoms with E-state index in [0.717, 1.165) is 5.56 Å². The molecule has 3 aromatic heterocycles. The van der Waals surface area contributed by atoms with Gasteiger partial charge in [-0.15, -0.1) is 0 Å². The number of anilines is 1. The van der Waals surface area contributed by atoms with Gasteiger partial charge in [-0.3, -0.25) is 20.1 Å². The van der Waals surface area contributed by atoms with Gasteiger partial charge in [-0.05, 0) is 35.9 Å². The topological polar surface area (TPSA) is 120 Å². The summed E-state index contributed by atoms with van der Waals surface area (Å²) in [6, 6.07) is 12.0. The second kappa shape index (κ2) is 7.62. The minimum atomic E-state index is -0.451. The van der Waals surface area contributed by atoms with Gasteiger partial charge in [0.2, 0.25) is 5.82 Å². The zero-order valence-electron chi connectivity index (χ0n) is 14.5. The molecule has 0 aliphatic rings. The molecule has 9 heteroatoms. The Labute approximate surface area is 159 Å². The lowest BCUT2D eigenvalue weighted by Gasteiger charge is -2.07. The largest absolute Gasteiger partial charge is 0.375 e. The van der Waals surface area contributed by atoms with Crippen molar-refractivity contribution in [1.82, 2.24) is 20.1 Å². The van der Waals surface area contributed by atoms with Crippen molar-refractivity contribution >= 4 is 11.4 Å². The first-order valence-electron chi connectivity index (χ1n) is 8.36. The molecule has 0 aliphatic heterocycles. The van der Waals surface area contributed by atoms with Crippen molar-refractivity contribution in [3.63, 3.8) is 0 Å². The molecule has 0 spiro atoms. The molecule has 0 atom stereocenters. The maximum atomic E-state index is 11.5. The summed E-state index contributed by atoms with van der Waals surface area (Å²) < 4.78 is 5.27. The zero-order valence-corrected chi connectivity index (χ0v) is 14.5. The molecule has 0 radical (unpaired) electrons. The van der Waals surface area contributed by atoms with Gasteiger partial charge >= 0.3 is 0 Å². The van der Waals surface area contributed by atoms with Gasteiger partial charge in [0.05, 0.1) is 4.92 Å². The molecule has 4 rings (SSSR count). The third kappa shape index (κ3) is 3.68. The molecule has 0 fully saturated rings. The Bertz CT molecular complexity index is 1100. The van der Waals surface area contributed by atoms with Crippen molar-refractivity contribution in [2.75, 3.05) is 5.32 Å². The summed E-state index contributed by atoms with van der Waals surface area (Å²) in [6.45, 7) is 0.416. The van der Waals surface area contributed by atoms with E-state index in [1.54, 1.807) is 49.1 Å². The van der Waals surface area contributed by atoms with E-state index < -0.39 is 4.92 Å². The average molecular weight is 374 g/mol. The summed E-state index contributed by atoms with van der Waals surface area (Å²) in [4.78, 5) is 23.4. The van der Waals surface area contributed by atoms with E-state index in [2.05, 4.69) is 25.4 Å². The van der Waals surface area contributed by atoms with Crippen LogP contribution in [0.25, 0.3) is 22.8 Å². The first-order valence-corrected chi connectivity index (χ1v) is 8.36. The molecule has 0 bridgehead atoms. The van der Waals surface area contributed by atoms with Gasteiger partial charge in [0.25, 0.3) is 11.6 Å². The summed E-state index contributed by atoms with van der Waals surface area (Å²) in [6.07, 6.45) is 6.63. The first-order chi connectivity index (χ1) is 13.7. The van der Waals surface area contributed by atoms with Crippen molar-refractivity contribution in [2.24, 2.45) is 0 Å².